The highest BCUT2D eigenvalue weighted by atomic mass is 35.5. The van der Waals surface area contributed by atoms with Gasteiger partial charge in [-0.15, -0.1) is 0 Å². The van der Waals surface area contributed by atoms with Gasteiger partial charge in [0.1, 0.15) is 11.0 Å². The molecule has 1 saturated carbocycles. The maximum atomic E-state index is 6.08. The van der Waals surface area contributed by atoms with Crippen molar-refractivity contribution in [1.29, 1.82) is 0 Å². The summed E-state index contributed by atoms with van der Waals surface area (Å²) in [7, 11) is 0. The Balaban J connectivity index is 2.14. The van der Waals surface area contributed by atoms with Gasteiger partial charge in [0.15, 0.2) is 0 Å². The van der Waals surface area contributed by atoms with Crippen molar-refractivity contribution in [3.63, 3.8) is 0 Å². The molecule has 0 atom stereocenters. The lowest BCUT2D eigenvalue weighted by Crippen LogP contribution is -2.14. The molecule has 1 aliphatic carbocycles. The maximum absolute atomic E-state index is 6.08. The third-order valence-electron chi connectivity index (χ3n) is 3.65. The molecule has 0 spiro atoms. The van der Waals surface area contributed by atoms with E-state index in [2.05, 4.69) is 23.8 Å². The van der Waals surface area contributed by atoms with Gasteiger partial charge in [-0.25, -0.2) is 9.97 Å². The maximum Gasteiger partial charge on any atom is 0.133 e. The summed E-state index contributed by atoms with van der Waals surface area (Å²) in [6.45, 7) is 4.50. The van der Waals surface area contributed by atoms with E-state index in [4.69, 9.17) is 11.6 Å². The molecule has 0 amide bonds. The van der Waals surface area contributed by atoms with Gasteiger partial charge in [-0.3, -0.25) is 0 Å². The molecule has 0 bridgehead atoms. The van der Waals surface area contributed by atoms with E-state index in [1.54, 1.807) is 0 Å². The molecular formula is C14H21ClN2. The molecule has 1 heterocycles. The Morgan fingerprint density at radius 2 is 1.94 bits per heavy atom. The monoisotopic (exact) mass is 252 g/mol. The van der Waals surface area contributed by atoms with Crippen LogP contribution in [0.3, 0.4) is 0 Å². The first-order valence-corrected chi connectivity index (χ1v) is 7.10. The highest BCUT2D eigenvalue weighted by Gasteiger charge is 2.22. The summed E-state index contributed by atoms with van der Waals surface area (Å²) in [5, 5.41) is 0.608. The minimum Gasteiger partial charge on any atom is -0.238 e. The predicted octanol–water partition coefficient (Wildman–Crippen LogP) is 4.38. The second-order valence-corrected chi connectivity index (χ2v) is 5.63. The van der Waals surface area contributed by atoms with Crippen LogP contribution in [-0.2, 0) is 6.42 Å². The van der Waals surface area contributed by atoms with Crippen LogP contribution in [0.25, 0.3) is 0 Å². The van der Waals surface area contributed by atoms with Gasteiger partial charge >= 0.3 is 0 Å². The molecular weight excluding hydrogens is 232 g/mol. The number of aryl methyl sites for hydroxylation is 1. The predicted molar refractivity (Wildman–Crippen MR) is 71.4 cm³/mol. The molecule has 1 fully saturated rings. The van der Waals surface area contributed by atoms with Gasteiger partial charge in [0, 0.05) is 11.6 Å². The van der Waals surface area contributed by atoms with Crippen molar-refractivity contribution in [3.05, 3.63) is 22.7 Å². The largest absolute Gasteiger partial charge is 0.238 e. The molecule has 0 radical (unpaired) electrons. The van der Waals surface area contributed by atoms with E-state index in [0.717, 1.165) is 30.3 Å². The first-order valence-electron chi connectivity index (χ1n) is 6.72. The van der Waals surface area contributed by atoms with E-state index in [1.807, 2.05) is 6.07 Å². The standard InChI is InChI=1S/C14H21ClN2/c1-3-4-12-9-13(15)17-14(16-12)11-7-5-10(2)6-8-11/h9-11H,3-8H2,1-2H3. The van der Waals surface area contributed by atoms with Crippen molar-refractivity contribution in [1.82, 2.24) is 9.97 Å². The quantitative estimate of drug-likeness (QED) is 0.747. The Morgan fingerprint density at radius 1 is 1.24 bits per heavy atom. The van der Waals surface area contributed by atoms with Crippen molar-refractivity contribution in [2.24, 2.45) is 5.92 Å². The SMILES string of the molecule is CCCc1cc(Cl)nc(C2CCC(C)CC2)n1. The van der Waals surface area contributed by atoms with Crippen LogP contribution in [0.2, 0.25) is 5.15 Å². The van der Waals surface area contributed by atoms with Crippen LogP contribution < -0.4 is 0 Å². The van der Waals surface area contributed by atoms with Gasteiger partial charge in [-0.1, -0.05) is 44.7 Å². The molecule has 0 unspecified atom stereocenters. The van der Waals surface area contributed by atoms with Gasteiger partial charge in [0.25, 0.3) is 0 Å². The van der Waals surface area contributed by atoms with Gasteiger partial charge in [0.2, 0.25) is 0 Å². The molecule has 94 valence electrons. The number of hydrogen-bond donors (Lipinski definition) is 0. The molecule has 2 nitrogen and oxygen atoms in total. The van der Waals surface area contributed by atoms with Gasteiger partial charge in [-0.2, -0.15) is 0 Å². The third-order valence-corrected chi connectivity index (χ3v) is 3.85. The Bertz CT molecular complexity index is 370. The van der Waals surface area contributed by atoms with Gasteiger partial charge in [-0.05, 0) is 31.2 Å². The van der Waals surface area contributed by atoms with Crippen LogP contribution in [-0.4, -0.2) is 9.97 Å². The van der Waals surface area contributed by atoms with E-state index in [0.29, 0.717) is 11.1 Å². The van der Waals surface area contributed by atoms with Gasteiger partial charge < -0.3 is 0 Å². The Morgan fingerprint density at radius 3 is 2.59 bits per heavy atom. The van der Waals surface area contributed by atoms with Crippen LogP contribution in [0.1, 0.15) is 63.4 Å². The van der Waals surface area contributed by atoms with E-state index in [-0.39, 0.29) is 0 Å². The lowest BCUT2D eigenvalue weighted by molar-refractivity contribution is 0.339. The fraction of sp³-hybridized carbons (Fsp3) is 0.714. The molecule has 0 N–H and O–H groups in total. The lowest BCUT2D eigenvalue weighted by Gasteiger charge is -2.25. The summed E-state index contributed by atoms with van der Waals surface area (Å²) in [5.41, 5.74) is 1.10. The van der Waals surface area contributed by atoms with Gasteiger partial charge in [0.05, 0.1) is 0 Å². The zero-order chi connectivity index (χ0) is 12.3. The first-order chi connectivity index (χ1) is 8.19. The average molecular weight is 253 g/mol. The molecule has 0 aliphatic heterocycles. The van der Waals surface area contributed by atoms with Crippen LogP contribution >= 0.6 is 11.6 Å². The number of hydrogen-bond acceptors (Lipinski definition) is 2. The number of halogens is 1. The van der Waals surface area contributed by atoms with Crippen molar-refractivity contribution < 1.29 is 0 Å². The van der Waals surface area contributed by atoms with Crippen LogP contribution in [0.4, 0.5) is 0 Å². The summed E-state index contributed by atoms with van der Waals surface area (Å²) in [6.07, 6.45) is 7.13. The minimum absolute atomic E-state index is 0.528. The topological polar surface area (TPSA) is 25.8 Å². The van der Waals surface area contributed by atoms with E-state index >= 15 is 0 Å². The molecule has 1 aromatic heterocycles. The zero-order valence-corrected chi connectivity index (χ0v) is 11.5. The molecule has 3 heteroatoms. The summed E-state index contributed by atoms with van der Waals surface area (Å²) in [6, 6.07) is 1.90. The summed E-state index contributed by atoms with van der Waals surface area (Å²) in [5.74, 6) is 2.37. The normalized spacial score (nSPS) is 24.9. The molecule has 0 saturated heterocycles. The molecule has 1 aromatic rings. The molecule has 0 aromatic carbocycles. The van der Waals surface area contributed by atoms with E-state index < -0.39 is 0 Å². The average Bonchev–Trinajstić information content (AvgIpc) is 2.29. The molecule has 17 heavy (non-hydrogen) atoms. The van der Waals surface area contributed by atoms with E-state index in [9.17, 15) is 0 Å². The highest BCUT2D eigenvalue weighted by molar-refractivity contribution is 6.29. The smallest absolute Gasteiger partial charge is 0.133 e. The summed E-state index contributed by atoms with van der Waals surface area (Å²) >= 11 is 6.08. The van der Waals surface area contributed by atoms with Crippen LogP contribution in [0.5, 0.6) is 0 Å². The Hall–Kier alpha value is -0.630. The van der Waals surface area contributed by atoms with Crippen LogP contribution in [0.15, 0.2) is 6.07 Å². The Kier molecular flexibility index (Phi) is 4.38. The first kappa shape index (κ1) is 12.8. The van der Waals surface area contributed by atoms with Crippen molar-refractivity contribution in [2.75, 3.05) is 0 Å². The zero-order valence-electron chi connectivity index (χ0n) is 10.7. The second kappa shape index (κ2) is 5.81. The Labute approximate surface area is 109 Å². The van der Waals surface area contributed by atoms with Crippen molar-refractivity contribution in [3.8, 4) is 0 Å². The lowest BCUT2D eigenvalue weighted by atomic mass is 9.82. The third kappa shape index (κ3) is 3.41. The fourth-order valence-corrected chi connectivity index (χ4v) is 2.78. The molecule has 2 rings (SSSR count). The highest BCUT2D eigenvalue weighted by Crippen LogP contribution is 2.34. The fourth-order valence-electron chi connectivity index (χ4n) is 2.57. The summed E-state index contributed by atoms with van der Waals surface area (Å²) in [4.78, 5) is 9.10. The minimum atomic E-state index is 0.528. The van der Waals surface area contributed by atoms with Crippen LogP contribution in [0, 0.1) is 5.92 Å². The second-order valence-electron chi connectivity index (χ2n) is 5.25. The summed E-state index contributed by atoms with van der Waals surface area (Å²) < 4.78 is 0. The number of rotatable bonds is 3. The number of nitrogens with zero attached hydrogens (tertiary/aromatic N) is 2. The van der Waals surface area contributed by atoms with E-state index in [1.165, 1.54) is 25.7 Å². The molecule has 1 aliphatic rings. The van der Waals surface area contributed by atoms with Crippen molar-refractivity contribution in [2.45, 2.75) is 58.3 Å². The van der Waals surface area contributed by atoms with Crippen molar-refractivity contribution >= 4 is 11.6 Å². The number of aromatic nitrogens is 2.